The Labute approximate surface area is 106 Å². The average Bonchev–Trinajstić information content (AvgIpc) is 2.78. The molecule has 3 heterocycles. The molecule has 17 heavy (non-hydrogen) atoms. The fraction of sp³-hybridized carbons (Fsp3) is 0.833. The second kappa shape index (κ2) is 3.92. The van der Waals surface area contributed by atoms with Crippen LogP contribution in [0.5, 0.6) is 0 Å². The molecule has 1 N–H and O–H groups in total. The van der Waals surface area contributed by atoms with Gasteiger partial charge in [0.25, 0.3) is 0 Å². The van der Waals surface area contributed by atoms with E-state index < -0.39 is 0 Å². The summed E-state index contributed by atoms with van der Waals surface area (Å²) in [4.78, 5) is 7.25. The lowest BCUT2D eigenvalue weighted by Gasteiger charge is -2.20. The summed E-state index contributed by atoms with van der Waals surface area (Å²) in [6, 6.07) is 1.36. The number of anilines is 1. The maximum Gasteiger partial charge on any atom is 0.202 e. The molecule has 4 rings (SSSR count). The highest BCUT2D eigenvalue weighted by Gasteiger charge is 2.37. The highest BCUT2D eigenvalue weighted by Crippen LogP contribution is 2.39. The van der Waals surface area contributed by atoms with Crippen LogP contribution < -0.4 is 5.32 Å². The van der Waals surface area contributed by atoms with Gasteiger partial charge >= 0.3 is 0 Å². The molecule has 1 aromatic rings. The lowest BCUT2D eigenvalue weighted by atomic mass is 10.1. The number of hydrogen-bond acceptors (Lipinski definition) is 5. The molecule has 3 aliphatic rings. The molecular formula is C12H18N4S. The largest absolute Gasteiger partial charge is 0.356 e. The maximum atomic E-state index is 4.63. The van der Waals surface area contributed by atoms with Crippen molar-refractivity contribution in [1.29, 1.82) is 0 Å². The van der Waals surface area contributed by atoms with Crippen molar-refractivity contribution in [2.24, 2.45) is 0 Å². The van der Waals surface area contributed by atoms with Gasteiger partial charge in [0.1, 0.15) is 5.82 Å². The van der Waals surface area contributed by atoms with Gasteiger partial charge < -0.3 is 5.32 Å². The minimum absolute atomic E-state index is 0.609. The van der Waals surface area contributed by atoms with E-state index in [9.17, 15) is 0 Å². The average molecular weight is 250 g/mol. The second-order valence-electron chi connectivity index (χ2n) is 5.52. The molecule has 0 amide bonds. The summed E-state index contributed by atoms with van der Waals surface area (Å²) in [6.07, 6.45) is 6.56. The van der Waals surface area contributed by atoms with Crippen LogP contribution in [0.1, 0.15) is 43.8 Å². The Balaban J connectivity index is 1.45. The molecule has 92 valence electrons. The van der Waals surface area contributed by atoms with Crippen molar-refractivity contribution < 1.29 is 0 Å². The topological polar surface area (TPSA) is 41.1 Å². The zero-order chi connectivity index (χ0) is 11.2. The smallest absolute Gasteiger partial charge is 0.202 e. The zero-order valence-electron chi connectivity index (χ0n) is 9.93. The van der Waals surface area contributed by atoms with Gasteiger partial charge in [0.05, 0.1) is 0 Å². The number of nitrogens with one attached hydrogen (secondary N) is 1. The lowest BCUT2D eigenvalue weighted by molar-refractivity contribution is 0.318. The molecule has 3 fully saturated rings. The summed E-state index contributed by atoms with van der Waals surface area (Å²) in [6.45, 7) is 2.56. The highest BCUT2D eigenvalue weighted by atomic mass is 32.1. The number of rotatable bonds is 3. The van der Waals surface area contributed by atoms with Crippen LogP contribution >= 0.6 is 11.5 Å². The normalized spacial score (nSPS) is 32.9. The van der Waals surface area contributed by atoms with Crippen molar-refractivity contribution in [3.63, 3.8) is 0 Å². The Hall–Kier alpha value is -0.680. The Kier molecular flexibility index (Phi) is 2.36. The van der Waals surface area contributed by atoms with Crippen LogP contribution in [-0.2, 0) is 0 Å². The number of hydrogen-bond donors (Lipinski definition) is 1. The zero-order valence-corrected chi connectivity index (χ0v) is 10.7. The first-order valence-corrected chi connectivity index (χ1v) is 7.52. The van der Waals surface area contributed by atoms with Crippen molar-refractivity contribution in [3.05, 3.63) is 5.82 Å². The molecule has 4 nitrogen and oxygen atoms in total. The summed E-state index contributed by atoms with van der Waals surface area (Å²) in [5, 5.41) is 4.67. The summed E-state index contributed by atoms with van der Waals surface area (Å²) in [5.41, 5.74) is 0. The molecular weight excluding hydrogens is 232 g/mol. The summed E-state index contributed by atoms with van der Waals surface area (Å²) >= 11 is 1.55. The quantitative estimate of drug-likeness (QED) is 0.891. The second-order valence-corrected chi connectivity index (χ2v) is 6.27. The molecule has 2 unspecified atom stereocenters. The molecule has 1 saturated carbocycles. The molecule has 1 aliphatic carbocycles. The van der Waals surface area contributed by atoms with Crippen LogP contribution in [0.4, 0.5) is 5.13 Å². The third kappa shape index (κ3) is 1.85. The van der Waals surface area contributed by atoms with E-state index in [4.69, 9.17) is 0 Å². The van der Waals surface area contributed by atoms with Crippen molar-refractivity contribution in [2.75, 3.05) is 18.4 Å². The number of nitrogens with zero attached hydrogens (tertiary/aromatic N) is 3. The van der Waals surface area contributed by atoms with Crippen molar-refractivity contribution in [3.8, 4) is 0 Å². The van der Waals surface area contributed by atoms with Crippen molar-refractivity contribution in [1.82, 2.24) is 14.3 Å². The van der Waals surface area contributed by atoms with Gasteiger partial charge in [0, 0.05) is 36.1 Å². The fourth-order valence-corrected chi connectivity index (χ4v) is 3.92. The summed E-state index contributed by atoms with van der Waals surface area (Å²) in [7, 11) is 0. The first-order valence-electron chi connectivity index (χ1n) is 6.74. The van der Waals surface area contributed by atoms with Gasteiger partial charge in [-0.05, 0) is 38.6 Å². The van der Waals surface area contributed by atoms with E-state index >= 15 is 0 Å². The number of aromatic nitrogens is 2. The predicted molar refractivity (Wildman–Crippen MR) is 68.5 cm³/mol. The van der Waals surface area contributed by atoms with E-state index in [2.05, 4.69) is 19.6 Å². The lowest BCUT2D eigenvalue weighted by Crippen LogP contribution is -2.33. The van der Waals surface area contributed by atoms with E-state index in [0.717, 1.165) is 17.0 Å². The molecule has 0 spiro atoms. The molecule has 5 heteroatoms. The van der Waals surface area contributed by atoms with Gasteiger partial charge in [-0.25, -0.2) is 4.98 Å². The molecule has 0 bridgehead atoms. The minimum atomic E-state index is 0.609. The summed E-state index contributed by atoms with van der Waals surface area (Å²) in [5.74, 6) is 1.76. The van der Waals surface area contributed by atoms with E-state index in [-0.39, 0.29) is 0 Å². The molecule has 2 aliphatic heterocycles. The Bertz CT molecular complexity index is 414. The van der Waals surface area contributed by atoms with Crippen LogP contribution in [-0.4, -0.2) is 39.4 Å². The molecule has 0 radical (unpaired) electrons. The van der Waals surface area contributed by atoms with E-state index in [1.165, 1.54) is 45.2 Å². The van der Waals surface area contributed by atoms with E-state index in [0.29, 0.717) is 12.0 Å². The van der Waals surface area contributed by atoms with Crippen LogP contribution in [0.2, 0.25) is 0 Å². The van der Waals surface area contributed by atoms with Gasteiger partial charge in [-0.1, -0.05) is 0 Å². The molecule has 2 atom stereocenters. The van der Waals surface area contributed by atoms with Gasteiger partial charge in [-0.3, -0.25) is 4.90 Å². The predicted octanol–water partition coefficient (Wildman–Crippen LogP) is 2.06. The summed E-state index contributed by atoms with van der Waals surface area (Å²) < 4.78 is 4.46. The van der Waals surface area contributed by atoms with Crippen LogP contribution in [0, 0.1) is 0 Å². The Morgan fingerprint density at radius 3 is 3.00 bits per heavy atom. The van der Waals surface area contributed by atoms with Gasteiger partial charge in [-0.2, -0.15) is 4.37 Å². The molecule has 1 aromatic heterocycles. The van der Waals surface area contributed by atoms with E-state index in [1.807, 2.05) is 0 Å². The molecule has 0 aromatic carbocycles. The molecule has 2 saturated heterocycles. The number of fused-ring (bicyclic) bond motifs is 1. The fourth-order valence-electron chi connectivity index (χ4n) is 3.21. The monoisotopic (exact) mass is 250 g/mol. The Morgan fingerprint density at radius 1 is 1.18 bits per heavy atom. The van der Waals surface area contributed by atoms with Crippen molar-refractivity contribution >= 4 is 16.7 Å². The van der Waals surface area contributed by atoms with Gasteiger partial charge in [0.15, 0.2) is 0 Å². The third-order valence-electron chi connectivity index (χ3n) is 4.30. The minimum Gasteiger partial charge on any atom is -0.356 e. The SMILES string of the molecule is C1CC2C(Nc3nc(C4CC4)ns3)CCN2C1. The van der Waals surface area contributed by atoms with Gasteiger partial charge in [0.2, 0.25) is 5.13 Å². The highest BCUT2D eigenvalue weighted by molar-refractivity contribution is 7.09. The van der Waals surface area contributed by atoms with Crippen molar-refractivity contribution in [2.45, 2.75) is 50.1 Å². The maximum absolute atomic E-state index is 4.63. The Morgan fingerprint density at radius 2 is 2.12 bits per heavy atom. The standard InChI is InChI=1S/C12H18N4S/c1-2-10-9(5-7-16(10)6-1)13-12-14-11(15-17-12)8-3-4-8/h8-10H,1-7H2,(H,13,14,15). The van der Waals surface area contributed by atoms with Crippen LogP contribution in [0.25, 0.3) is 0 Å². The first-order chi connectivity index (χ1) is 8.40. The van der Waals surface area contributed by atoms with E-state index in [1.54, 1.807) is 11.5 Å². The van der Waals surface area contributed by atoms with Gasteiger partial charge in [-0.15, -0.1) is 0 Å². The van der Waals surface area contributed by atoms with Crippen LogP contribution in [0.3, 0.4) is 0 Å². The van der Waals surface area contributed by atoms with Crippen LogP contribution in [0.15, 0.2) is 0 Å². The first kappa shape index (κ1) is 10.3. The third-order valence-corrected chi connectivity index (χ3v) is 4.96.